The first-order chi connectivity index (χ1) is 11.4. The minimum atomic E-state index is -3.50. The van der Waals surface area contributed by atoms with E-state index in [1.807, 2.05) is 24.3 Å². The van der Waals surface area contributed by atoms with E-state index in [1.54, 1.807) is 31.4 Å². The van der Waals surface area contributed by atoms with Crippen molar-refractivity contribution < 1.29 is 17.9 Å². The molecule has 0 spiro atoms. The summed E-state index contributed by atoms with van der Waals surface area (Å²) in [7, 11) is -0.385. The highest BCUT2D eigenvalue weighted by atomic mass is 35.5. The molecule has 0 aromatic heterocycles. The zero-order valence-electron chi connectivity index (χ0n) is 13.5. The van der Waals surface area contributed by atoms with E-state index in [9.17, 15) is 8.42 Å². The number of hydrogen-bond acceptors (Lipinski definition) is 4. The van der Waals surface area contributed by atoms with Crippen LogP contribution in [-0.2, 0) is 20.5 Å². The molecule has 0 fully saturated rings. The zero-order chi connectivity index (χ0) is 17.6. The van der Waals surface area contributed by atoms with Crippen LogP contribution in [-0.4, -0.2) is 29.2 Å². The monoisotopic (exact) mass is 369 g/mol. The molecule has 5 nitrogen and oxygen atoms in total. The summed E-state index contributed by atoms with van der Waals surface area (Å²) in [5.74, 6) is 0.554. The summed E-state index contributed by atoms with van der Waals surface area (Å²) in [6.07, 6.45) is -0.408. The third kappa shape index (κ3) is 5.49. The summed E-state index contributed by atoms with van der Waals surface area (Å²) < 4.78 is 37.7. The molecule has 2 rings (SSSR count). The molecule has 7 heteroatoms. The van der Waals surface area contributed by atoms with Gasteiger partial charge in [0, 0.05) is 18.7 Å². The lowest BCUT2D eigenvalue weighted by Gasteiger charge is -2.17. The van der Waals surface area contributed by atoms with Gasteiger partial charge < -0.3 is 9.47 Å². The van der Waals surface area contributed by atoms with E-state index in [2.05, 4.69) is 4.72 Å². The third-order valence-corrected chi connectivity index (χ3v) is 5.04. The van der Waals surface area contributed by atoms with Crippen molar-refractivity contribution in [2.75, 3.05) is 20.8 Å². The van der Waals surface area contributed by atoms with Gasteiger partial charge in [0.25, 0.3) is 0 Å². The Kier molecular flexibility index (Phi) is 6.62. The maximum Gasteiger partial charge on any atom is 0.215 e. The molecular formula is C17H20ClNO4S. The van der Waals surface area contributed by atoms with Gasteiger partial charge in [0.2, 0.25) is 10.0 Å². The summed E-state index contributed by atoms with van der Waals surface area (Å²) in [4.78, 5) is 0. The Bertz CT molecular complexity index is 780. The fourth-order valence-electron chi connectivity index (χ4n) is 2.28. The van der Waals surface area contributed by atoms with Crippen LogP contribution in [0.3, 0.4) is 0 Å². The van der Waals surface area contributed by atoms with Gasteiger partial charge in [-0.05, 0) is 35.4 Å². The number of halogens is 1. The predicted octanol–water partition coefficient (Wildman–Crippen LogP) is 3.16. The van der Waals surface area contributed by atoms with Crippen LogP contribution >= 0.6 is 11.6 Å². The summed E-state index contributed by atoms with van der Waals surface area (Å²) in [5.41, 5.74) is 1.47. The van der Waals surface area contributed by atoms with E-state index >= 15 is 0 Å². The number of ether oxygens (including phenoxy) is 2. The van der Waals surface area contributed by atoms with Gasteiger partial charge in [-0.2, -0.15) is 0 Å². The lowest BCUT2D eigenvalue weighted by Crippen LogP contribution is -2.30. The van der Waals surface area contributed by atoms with E-state index in [1.165, 1.54) is 7.11 Å². The average molecular weight is 370 g/mol. The fourth-order valence-corrected chi connectivity index (χ4v) is 3.62. The first-order valence-electron chi connectivity index (χ1n) is 7.32. The zero-order valence-corrected chi connectivity index (χ0v) is 15.1. The number of hydrogen-bond donors (Lipinski definition) is 1. The molecule has 0 bridgehead atoms. The number of rotatable bonds is 8. The second-order valence-electron chi connectivity index (χ2n) is 5.24. The van der Waals surface area contributed by atoms with Crippen LogP contribution in [0.25, 0.3) is 0 Å². The first kappa shape index (κ1) is 18.7. The first-order valence-corrected chi connectivity index (χ1v) is 9.35. The summed E-state index contributed by atoms with van der Waals surface area (Å²) in [6.45, 7) is 0.132. The molecule has 1 unspecified atom stereocenters. The van der Waals surface area contributed by atoms with Crippen molar-refractivity contribution in [2.24, 2.45) is 0 Å². The van der Waals surface area contributed by atoms with Crippen molar-refractivity contribution in [3.63, 3.8) is 0 Å². The van der Waals surface area contributed by atoms with E-state index in [0.717, 1.165) is 5.56 Å². The minimum absolute atomic E-state index is 0.132. The molecule has 1 atom stereocenters. The fraction of sp³-hybridized carbons (Fsp3) is 0.294. The Morgan fingerprint density at radius 2 is 1.88 bits per heavy atom. The van der Waals surface area contributed by atoms with Crippen molar-refractivity contribution in [3.05, 3.63) is 64.7 Å². The molecule has 0 radical (unpaired) electrons. The predicted molar refractivity (Wildman–Crippen MR) is 94.8 cm³/mol. The van der Waals surface area contributed by atoms with E-state index in [0.29, 0.717) is 16.3 Å². The Morgan fingerprint density at radius 3 is 2.54 bits per heavy atom. The molecule has 130 valence electrons. The molecule has 0 saturated heterocycles. The van der Waals surface area contributed by atoms with Crippen molar-refractivity contribution in [1.29, 1.82) is 0 Å². The van der Waals surface area contributed by atoms with E-state index in [-0.39, 0.29) is 12.3 Å². The molecule has 0 aliphatic carbocycles. The number of benzene rings is 2. The van der Waals surface area contributed by atoms with Crippen molar-refractivity contribution >= 4 is 21.6 Å². The molecule has 1 N–H and O–H groups in total. The summed E-state index contributed by atoms with van der Waals surface area (Å²) in [5, 5.41) is 0.508. The van der Waals surface area contributed by atoms with Gasteiger partial charge in [-0.25, -0.2) is 13.1 Å². The van der Waals surface area contributed by atoms with Crippen molar-refractivity contribution in [3.8, 4) is 5.75 Å². The third-order valence-electron chi connectivity index (χ3n) is 3.48. The molecule has 2 aromatic carbocycles. The average Bonchev–Trinajstić information content (AvgIpc) is 2.55. The SMILES string of the molecule is COc1cccc(C(CNS(=O)(=O)Cc2cccc(Cl)c2)OC)c1. The van der Waals surface area contributed by atoms with Crippen LogP contribution in [0.2, 0.25) is 5.02 Å². The van der Waals surface area contributed by atoms with Crippen LogP contribution in [0, 0.1) is 0 Å². The Labute approximate surface area is 147 Å². The second kappa shape index (κ2) is 8.48. The molecule has 0 aliphatic heterocycles. The van der Waals surface area contributed by atoms with Crippen LogP contribution in [0.1, 0.15) is 17.2 Å². The Balaban J connectivity index is 2.03. The molecule has 0 heterocycles. The minimum Gasteiger partial charge on any atom is -0.497 e. The lowest BCUT2D eigenvalue weighted by molar-refractivity contribution is 0.107. The van der Waals surface area contributed by atoms with Crippen LogP contribution < -0.4 is 9.46 Å². The molecule has 24 heavy (non-hydrogen) atoms. The van der Waals surface area contributed by atoms with Gasteiger partial charge >= 0.3 is 0 Å². The molecule has 0 amide bonds. The van der Waals surface area contributed by atoms with Gasteiger partial charge in [-0.15, -0.1) is 0 Å². The quantitative estimate of drug-likeness (QED) is 0.776. The van der Waals surface area contributed by atoms with Crippen molar-refractivity contribution in [2.45, 2.75) is 11.9 Å². The highest BCUT2D eigenvalue weighted by molar-refractivity contribution is 7.88. The largest absolute Gasteiger partial charge is 0.497 e. The van der Waals surface area contributed by atoms with Gasteiger partial charge in [0.1, 0.15) is 5.75 Å². The smallest absolute Gasteiger partial charge is 0.215 e. The Morgan fingerprint density at radius 1 is 1.12 bits per heavy atom. The van der Waals surface area contributed by atoms with Crippen molar-refractivity contribution in [1.82, 2.24) is 4.72 Å². The summed E-state index contributed by atoms with van der Waals surface area (Å²) >= 11 is 5.89. The van der Waals surface area contributed by atoms with Gasteiger partial charge in [0.05, 0.1) is 19.0 Å². The Hall–Kier alpha value is -1.60. The summed E-state index contributed by atoms with van der Waals surface area (Å²) in [6, 6.07) is 14.1. The standard InChI is InChI=1S/C17H20ClNO4S/c1-22-16-8-4-6-14(10-16)17(23-2)11-19-24(20,21)12-13-5-3-7-15(18)9-13/h3-10,17,19H,11-12H2,1-2H3. The number of sulfonamides is 1. The highest BCUT2D eigenvalue weighted by Gasteiger charge is 2.17. The molecular weight excluding hydrogens is 350 g/mol. The van der Waals surface area contributed by atoms with Crippen LogP contribution in [0.15, 0.2) is 48.5 Å². The van der Waals surface area contributed by atoms with Gasteiger partial charge in [-0.3, -0.25) is 0 Å². The van der Waals surface area contributed by atoms with Crippen LogP contribution in [0.5, 0.6) is 5.75 Å². The highest BCUT2D eigenvalue weighted by Crippen LogP contribution is 2.21. The van der Waals surface area contributed by atoms with Gasteiger partial charge in [-0.1, -0.05) is 35.9 Å². The molecule has 0 saturated carbocycles. The number of nitrogens with one attached hydrogen (secondary N) is 1. The lowest BCUT2D eigenvalue weighted by atomic mass is 10.1. The molecule has 0 aliphatic rings. The van der Waals surface area contributed by atoms with Gasteiger partial charge in [0.15, 0.2) is 0 Å². The maximum absolute atomic E-state index is 12.3. The van der Waals surface area contributed by atoms with Crippen LogP contribution in [0.4, 0.5) is 0 Å². The van der Waals surface area contributed by atoms with E-state index in [4.69, 9.17) is 21.1 Å². The second-order valence-corrected chi connectivity index (χ2v) is 7.48. The maximum atomic E-state index is 12.3. The normalized spacial score (nSPS) is 12.8. The topological polar surface area (TPSA) is 64.6 Å². The molecule has 2 aromatic rings. The van der Waals surface area contributed by atoms with E-state index < -0.39 is 16.1 Å². The number of methoxy groups -OCH3 is 2.